The third-order valence-corrected chi connectivity index (χ3v) is 17.5. The molecule has 3 aliphatic carbocycles. The van der Waals surface area contributed by atoms with Gasteiger partial charge < -0.3 is 0 Å². The van der Waals surface area contributed by atoms with Crippen LogP contribution in [-0.2, 0) is 21.7 Å². The molecule has 2 aromatic rings. The number of hydrogen-bond acceptors (Lipinski definition) is 0. The van der Waals surface area contributed by atoms with Crippen molar-refractivity contribution in [3.8, 4) is 11.1 Å². The van der Waals surface area contributed by atoms with E-state index >= 15 is 0 Å². The fourth-order valence-corrected chi connectivity index (χ4v) is 10.5. The molecular weight excluding hydrogens is 448 g/mol. The number of rotatable bonds is 1. The Morgan fingerprint density at radius 1 is 0.556 bits per heavy atom. The van der Waals surface area contributed by atoms with Crippen molar-refractivity contribution in [1.29, 1.82) is 0 Å². The maximum Gasteiger partial charge on any atom is 0.0657 e. The monoisotopic (exact) mass is 500 g/mol. The van der Waals surface area contributed by atoms with Gasteiger partial charge in [-0.05, 0) is 96.9 Å². The largest absolute Gasteiger partial charge is 0.0682 e. The van der Waals surface area contributed by atoms with Crippen LogP contribution in [-0.4, -0.2) is 8.07 Å². The van der Waals surface area contributed by atoms with Crippen LogP contribution in [0.2, 0.25) is 18.1 Å². The van der Waals surface area contributed by atoms with Gasteiger partial charge in [0.2, 0.25) is 0 Å². The van der Waals surface area contributed by atoms with Crippen LogP contribution < -0.4 is 0 Å². The van der Waals surface area contributed by atoms with Crippen LogP contribution in [0.15, 0.2) is 24.3 Å². The van der Waals surface area contributed by atoms with Gasteiger partial charge in [-0.1, -0.05) is 114 Å². The minimum Gasteiger partial charge on any atom is -0.0682 e. The van der Waals surface area contributed by atoms with Gasteiger partial charge in [0.15, 0.2) is 0 Å². The normalized spacial score (nSPS) is 23.5. The van der Waals surface area contributed by atoms with Gasteiger partial charge in [0.25, 0.3) is 0 Å². The van der Waals surface area contributed by atoms with Crippen LogP contribution in [0.5, 0.6) is 0 Å². The Morgan fingerprint density at radius 3 is 1.11 bits per heavy atom. The van der Waals surface area contributed by atoms with E-state index in [1.807, 2.05) is 0 Å². The maximum atomic E-state index is 2.71. The average molecular weight is 501 g/mol. The summed E-state index contributed by atoms with van der Waals surface area (Å²) in [5, 5.41) is 0.325. The van der Waals surface area contributed by atoms with Crippen LogP contribution in [0.1, 0.15) is 141 Å². The van der Waals surface area contributed by atoms with Gasteiger partial charge in [-0.25, -0.2) is 0 Å². The smallest absolute Gasteiger partial charge is 0.0657 e. The molecule has 0 atom stereocenters. The van der Waals surface area contributed by atoms with E-state index in [1.54, 1.807) is 44.5 Å². The second-order valence-corrected chi connectivity index (χ2v) is 22.4. The molecule has 0 heterocycles. The van der Waals surface area contributed by atoms with Crippen LogP contribution in [0.4, 0.5) is 0 Å². The van der Waals surface area contributed by atoms with Gasteiger partial charge in [0.05, 0.1) is 8.07 Å². The van der Waals surface area contributed by atoms with E-state index in [0.29, 0.717) is 10.6 Å². The van der Waals surface area contributed by atoms with E-state index in [-0.39, 0.29) is 21.7 Å². The SMILES string of the molecule is CC1(C)CCC(C)(C)c2cc3c(cc21)-c1cc2c(cc1C3[Si](C)(C)C(C)(C)C)C(C)(C)CCC2(C)C. The summed E-state index contributed by atoms with van der Waals surface area (Å²) in [4.78, 5) is 0. The Bertz CT molecular complexity index is 1160. The Morgan fingerprint density at radius 2 is 0.833 bits per heavy atom. The quantitative estimate of drug-likeness (QED) is 0.341. The molecule has 0 N–H and O–H groups in total. The van der Waals surface area contributed by atoms with Crippen molar-refractivity contribution in [2.45, 2.75) is 147 Å². The van der Waals surface area contributed by atoms with E-state index in [0.717, 1.165) is 0 Å². The van der Waals surface area contributed by atoms with Gasteiger partial charge in [-0.3, -0.25) is 0 Å². The molecule has 0 spiro atoms. The minimum absolute atomic E-state index is 0.241. The van der Waals surface area contributed by atoms with Gasteiger partial charge in [-0.2, -0.15) is 0 Å². The second kappa shape index (κ2) is 7.40. The first kappa shape index (κ1) is 26.3. The zero-order chi connectivity index (χ0) is 26.9. The van der Waals surface area contributed by atoms with E-state index in [4.69, 9.17) is 0 Å². The van der Waals surface area contributed by atoms with Crippen molar-refractivity contribution in [1.82, 2.24) is 0 Å². The molecule has 5 rings (SSSR count). The van der Waals surface area contributed by atoms with Crippen molar-refractivity contribution >= 4 is 8.07 Å². The summed E-state index contributed by atoms with van der Waals surface area (Å²) in [7, 11) is -1.73. The zero-order valence-corrected chi connectivity index (χ0v) is 26.7. The summed E-state index contributed by atoms with van der Waals surface area (Å²) >= 11 is 0. The van der Waals surface area contributed by atoms with Gasteiger partial charge >= 0.3 is 0 Å². The molecule has 0 radical (unpaired) electrons. The molecule has 0 aliphatic heterocycles. The molecule has 0 nitrogen and oxygen atoms in total. The molecule has 0 amide bonds. The summed E-state index contributed by atoms with van der Waals surface area (Å²) in [6, 6.07) is 10.8. The first-order valence-corrected chi connectivity index (χ1v) is 17.7. The standard InChI is InChI=1S/C35H52Si/c1-31(2,3)36(12,13)30-24-20-28-26(32(4,5)14-16-34(28,8)9)18-22(24)23-19-27-29(21-25(23)30)35(10,11)17-15-33(27,6)7/h18-21,30H,14-17H2,1-13H3. The molecule has 196 valence electrons. The lowest BCUT2D eigenvalue weighted by Crippen LogP contribution is -2.44. The first-order valence-electron chi connectivity index (χ1n) is 14.6. The first-order chi connectivity index (χ1) is 16.2. The van der Waals surface area contributed by atoms with Gasteiger partial charge in [0.1, 0.15) is 0 Å². The Labute approximate surface area is 223 Å². The third-order valence-electron chi connectivity index (χ3n) is 11.6. The molecule has 0 aromatic heterocycles. The highest BCUT2D eigenvalue weighted by Crippen LogP contribution is 2.60. The van der Waals surface area contributed by atoms with Crippen molar-refractivity contribution in [2.75, 3.05) is 0 Å². The van der Waals surface area contributed by atoms with E-state index in [2.05, 4.69) is 114 Å². The molecule has 0 saturated heterocycles. The molecule has 0 bridgehead atoms. The topological polar surface area (TPSA) is 0 Å². The van der Waals surface area contributed by atoms with Crippen molar-refractivity contribution in [3.63, 3.8) is 0 Å². The average Bonchev–Trinajstić information content (AvgIpc) is 3.06. The summed E-state index contributed by atoms with van der Waals surface area (Å²) < 4.78 is 0. The van der Waals surface area contributed by atoms with Crippen LogP contribution in [0.3, 0.4) is 0 Å². The minimum atomic E-state index is -1.73. The molecule has 3 aliphatic rings. The Hall–Kier alpha value is -1.34. The molecule has 0 unspecified atom stereocenters. The fourth-order valence-electron chi connectivity index (χ4n) is 7.58. The lowest BCUT2D eigenvalue weighted by molar-refractivity contribution is 0.331. The predicted octanol–water partition coefficient (Wildman–Crippen LogP) is 10.5. The van der Waals surface area contributed by atoms with Crippen molar-refractivity contribution in [2.24, 2.45) is 0 Å². The number of benzene rings is 2. The van der Waals surface area contributed by atoms with Crippen LogP contribution in [0.25, 0.3) is 11.1 Å². The van der Waals surface area contributed by atoms with Gasteiger partial charge in [-0.15, -0.1) is 0 Å². The summed E-state index contributed by atoms with van der Waals surface area (Å²) in [6.07, 6.45) is 5.10. The summed E-state index contributed by atoms with van der Waals surface area (Å²) in [6.45, 7) is 32.7. The third kappa shape index (κ3) is 3.58. The molecular formula is C35H52Si. The van der Waals surface area contributed by atoms with Crippen molar-refractivity contribution in [3.05, 3.63) is 57.6 Å². The van der Waals surface area contributed by atoms with Gasteiger partial charge in [0, 0.05) is 5.54 Å². The van der Waals surface area contributed by atoms with E-state index in [1.165, 1.54) is 25.7 Å². The molecule has 2 aromatic carbocycles. The highest BCUT2D eigenvalue weighted by atomic mass is 28.3. The summed E-state index contributed by atoms with van der Waals surface area (Å²) in [5.74, 6) is 0. The molecule has 1 heteroatoms. The maximum absolute atomic E-state index is 2.71. The molecule has 36 heavy (non-hydrogen) atoms. The van der Waals surface area contributed by atoms with Crippen LogP contribution >= 0.6 is 0 Å². The summed E-state index contributed by atoms with van der Waals surface area (Å²) in [5.41, 5.74) is 14.4. The highest BCUT2D eigenvalue weighted by Gasteiger charge is 2.50. The van der Waals surface area contributed by atoms with Crippen molar-refractivity contribution < 1.29 is 0 Å². The predicted molar refractivity (Wildman–Crippen MR) is 161 cm³/mol. The zero-order valence-electron chi connectivity index (χ0n) is 25.7. The molecule has 0 fully saturated rings. The Kier molecular flexibility index (Phi) is 5.40. The van der Waals surface area contributed by atoms with Crippen LogP contribution in [0, 0.1) is 0 Å². The lowest BCUT2D eigenvalue weighted by atomic mass is 9.62. The Balaban J connectivity index is 1.88. The number of fused-ring (bicyclic) bond motifs is 5. The fraction of sp³-hybridized carbons (Fsp3) is 0.657. The van der Waals surface area contributed by atoms with E-state index in [9.17, 15) is 0 Å². The number of hydrogen-bond donors (Lipinski definition) is 0. The lowest BCUT2D eigenvalue weighted by Gasteiger charge is -2.45. The van der Waals surface area contributed by atoms with E-state index < -0.39 is 8.07 Å². The second-order valence-electron chi connectivity index (χ2n) is 16.9. The molecule has 0 saturated carbocycles. The highest BCUT2D eigenvalue weighted by molar-refractivity contribution is 6.82.